The highest BCUT2D eigenvalue weighted by atomic mass is 16.6. The second-order valence-electron chi connectivity index (χ2n) is 6.24. The quantitative estimate of drug-likeness (QED) is 0.267. The van der Waals surface area contributed by atoms with Crippen LogP contribution in [0, 0.1) is 10.1 Å². The summed E-state index contributed by atoms with van der Waals surface area (Å²) in [5.74, 6) is -1.13. The number of rotatable bonds is 10. The maximum Gasteiger partial charge on any atom is 0.315 e. The van der Waals surface area contributed by atoms with Crippen LogP contribution in [0.15, 0.2) is 29.4 Å². The molecule has 0 spiro atoms. The molecule has 0 unspecified atom stereocenters. The molecule has 2 aromatic rings. The Bertz CT molecular complexity index is 1060. The Morgan fingerprint density at radius 2 is 1.64 bits per heavy atom. The Morgan fingerprint density at radius 3 is 2.15 bits per heavy atom. The molecule has 2 aromatic carbocycles. The fourth-order valence-corrected chi connectivity index (χ4v) is 2.68. The molecule has 0 radical (unpaired) electrons. The average molecular weight is 462 g/mol. The fourth-order valence-electron chi connectivity index (χ4n) is 2.68. The van der Waals surface area contributed by atoms with Crippen LogP contribution in [-0.2, 0) is 4.79 Å². The summed E-state index contributed by atoms with van der Waals surface area (Å²) >= 11 is 0. The van der Waals surface area contributed by atoms with Gasteiger partial charge in [-0.15, -0.1) is 0 Å². The van der Waals surface area contributed by atoms with Gasteiger partial charge >= 0.3 is 5.69 Å². The number of nitro benzene ring substituents is 1. The van der Waals surface area contributed by atoms with Crippen molar-refractivity contribution in [1.29, 1.82) is 0 Å². The number of aromatic hydroxyl groups is 1. The number of benzene rings is 2. The predicted molar refractivity (Wildman–Crippen MR) is 115 cm³/mol. The maximum atomic E-state index is 12.4. The van der Waals surface area contributed by atoms with Crippen molar-refractivity contribution in [3.05, 3.63) is 45.5 Å². The Kier molecular flexibility index (Phi) is 8.37. The second kappa shape index (κ2) is 11.2. The van der Waals surface area contributed by atoms with Crippen LogP contribution in [0.1, 0.15) is 15.9 Å². The zero-order valence-electron chi connectivity index (χ0n) is 18.2. The van der Waals surface area contributed by atoms with Gasteiger partial charge in [0.15, 0.2) is 17.2 Å². The van der Waals surface area contributed by atoms with Crippen LogP contribution in [0.5, 0.6) is 28.7 Å². The van der Waals surface area contributed by atoms with Gasteiger partial charge in [0.1, 0.15) is 0 Å². The summed E-state index contributed by atoms with van der Waals surface area (Å²) in [5.41, 5.74) is 1.96. The van der Waals surface area contributed by atoms with Crippen LogP contribution in [0.25, 0.3) is 0 Å². The summed E-state index contributed by atoms with van der Waals surface area (Å²) in [4.78, 5) is 34.6. The first kappa shape index (κ1) is 24.7. The lowest BCUT2D eigenvalue weighted by molar-refractivity contribution is -0.386. The molecule has 0 aliphatic carbocycles. The van der Waals surface area contributed by atoms with Crippen LogP contribution in [0.3, 0.4) is 0 Å². The molecule has 0 atom stereocenters. The molecule has 33 heavy (non-hydrogen) atoms. The number of nitrogens with one attached hydrogen (secondary N) is 2. The maximum absolute atomic E-state index is 12.4. The van der Waals surface area contributed by atoms with Gasteiger partial charge in [-0.3, -0.25) is 19.7 Å². The molecule has 3 N–H and O–H groups in total. The molecule has 176 valence electrons. The lowest BCUT2D eigenvalue weighted by Gasteiger charge is -2.14. The topological polar surface area (TPSA) is 171 Å². The van der Waals surface area contributed by atoms with Crippen LogP contribution in [-0.4, -0.2) is 63.0 Å². The Balaban J connectivity index is 2.02. The van der Waals surface area contributed by atoms with Crippen molar-refractivity contribution in [3.8, 4) is 28.7 Å². The van der Waals surface area contributed by atoms with Gasteiger partial charge in [0.05, 0.1) is 46.1 Å². The normalized spacial score (nSPS) is 10.4. The third-order valence-electron chi connectivity index (χ3n) is 4.23. The van der Waals surface area contributed by atoms with Crippen molar-refractivity contribution in [2.24, 2.45) is 5.10 Å². The molecule has 0 bridgehead atoms. The molecular weight excluding hydrogens is 440 g/mol. The van der Waals surface area contributed by atoms with Gasteiger partial charge in [-0.25, -0.2) is 5.43 Å². The van der Waals surface area contributed by atoms with Gasteiger partial charge in [0.2, 0.25) is 11.5 Å². The van der Waals surface area contributed by atoms with E-state index in [1.165, 1.54) is 46.6 Å². The third kappa shape index (κ3) is 6.00. The minimum absolute atomic E-state index is 0.130. The van der Waals surface area contributed by atoms with E-state index in [4.69, 9.17) is 18.9 Å². The van der Waals surface area contributed by atoms with Gasteiger partial charge < -0.3 is 29.4 Å². The van der Waals surface area contributed by atoms with Gasteiger partial charge in [0, 0.05) is 17.2 Å². The molecule has 13 nitrogen and oxygen atoms in total. The first-order chi connectivity index (χ1) is 15.7. The molecule has 0 aliphatic heterocycles. The van der Waals surface area contributed by atoms with E-state index in [2.05, 4.69) is 15.8 Å². The summed E-state index contributed by atoms with van der Waals surface area (Å²) < 4.78 is 20.4. The highest BCUT2D eigenvalue weighted by molar-refractivity contribution is 5.97. The molecule has 13 heteroatoms. The number of ether oxygens (including phenoxy) is 4. The summed E-state index contributed by atoms with van der Waals surface area (Å²) in [7, 11) is 5.47. The van der Waals surface area contributed by atoms with Gasteiger partial charge in [-0.05, 0) is 18.2 Å². The number of nitro groups is 1. The van der Waals surface area contributed by atoms with Gasteiger partial charge in [0.25, 0.3) is 11.8 Å². The zero-order valence-corrected chi connectivity index (χ0v) is 18.2. The Hall–Kier alpha value is -4.55. The Labute approximate surface area is 188 Å². The fraction of sp³-hybridized carbons (Fsp3) is 0.250. The number of hydrazone groups is 1. The number of hydrogen-bond acceptors (Lipinski definition) is 10. The molecule has 0 saturated heterocycles. The van der Waals surface area contributed by atoms with E-state index in [0.29, 0.717) is 5.75 Å². The number of carbonyl (C=O) groups is 2. The largest absolute Gasteiger partial charge is 0.500 e. The van der Waals surface area contributed by atoms with E-state index < -0.39 is 34.7 Å². The summed E-state index contributed by atoms with van der Waals surface area (Å²) in [6, 6.07) is 5.21. The summed E-state index contributed by atoms with van der Waals surface area (Å²) in [6.45, 7) is -0.411. The molecule has 2 rings (SSSR count). The van der Waals surface area contributed by atoms with Crippen molar-refractivity contribution in [1.82, 2.24) is 10.7 Å². The number of nitrogens with zero attached hydrogens (tertiary/aromatic N) is 2. The number of phenols is 1. The standard InChI is InChI=1S/C20H22N4O9/c1-30-14-6-11(5-13(18(14)26)24(28)29)9-22-23-17(25)10-21-20(27)12-7-15(31-2)19(33-4)16(8-12)32-3/h5-9,26H,10H2,1-4H3,(H,21,27)(H,23,25). The van der Waals surface area contributed by atoms with Crippen molar-refractivity contribution in [2.45, 2.75) is 0 Å². The van der Waals surface area contributed by atoms with E-state index in [-0.39, 0.29) is 28.4 Å². The predicted octanol–water partition coefficient (Wildman–Crippen LogP) is 1.21. The van der Waals surface area contributed by atoms with E-state index in [1.54, 1.807) is 0 Å². The lowest BCUT2D eigenvalue weighted by Crippen LogP contribution is -2.34. The summed E-state index contributed by atoms with van der Waals surface area (Å²) in [6.07, 6.45) is 1.12. The van der Waals surface area contributed by atoms with Crippen molar-refractivity contribution < 1.29 is 38.6 Å². The SMILES string of the molecule is COc1cc(C=NNC(=O)CNC(=O)c2cc(OC)c(OC)c(OC)c2)cc([N+](=O)[O-])c1O. The van der Waals surface area contributed by atoms with E-state index >= 15 is 0 Å². The van der Waals surface area contributed by atoms with Crippen molar-refractivity contribution in [3.63, 3.8) is 0 Å². The molecule has 0 fully saturated rings. The van der Waals surface area contributed by atoms with Crippen molar-refractivity contribution >= 4 is 23.7 Å². The highest BCUT2D eigenvalue weighted by Gasteiger charge is 2.20. The summed E-state index contributed by atoms with van der Waals surface area (Å²) in [5, 5.41) is 26.9. The Morgan fingerprint density at radius 1 is 1.03 bits per heavy atom. The van der Waals surface area contributed by atoms with Crippen LogP contribution < -0.4 is 29.7 Å². The molecule has 0 saturated carbocycles. The minimum Gasteiger partial charge on any atom is -0.500 e. The van der Waals surface area contributed by atoms with Gasteiger partial charge in [-0.1, -0.05) is 0 Å². The van der Waals surface area contributed by atoms with Crippen LogP contribution in [0.4, 0.5) is 5.69 Å². The van der Waals surface area contributed by atoms with E-state index in [9.17, 15) is 24.8 Å². The van der Waals surface area contributed by atoms with Crippen LogP contribution >= 0.6 is 0 Å². The smallest absolute Gasteiger partial charge is 0.315 e. The molecular formula is C20H22N4O9. The highest BCUT2D eigenvalue weighted by Crippen LogP contribution is 2.38. The molecule has 0 heterocycles. The lowest BCUT2D eigenvalue weighted by atomic mass is 10.1. The third-order valence-corrected chi connectivity index (χ3v) is 4.23. The number of hydrogen-bond donors (Lipinski definition) is 3. The molecule has 0 aromatic heterocycles. The molecule has 0 aliphatic rings. The second-order valence-corrected chi connectivity index (χ2v) is 6.24. The number of phenolic OH excluding ortho intramolecular Hbond substituents is 1. The zero-order chi connectivity index (χ0) is 24.5. The van der Waals surface area contributed by atoms with Crippen LogP contribution in [0.2, 0.25) is 0 Å². The number of amides is 2. The first-order valence-corrected chi connectivity index (χ1v) is 9.21. The van der Waals surface area contributed by atoms with Crippen molar-refractivity contribution in [2.75, 3.05) is 35.0 Å². The average Bonchev–Trinajstić information content (AvgIpc) is 2.81. The molecule has 2 amide bonds. The van der Waals surface area contributed by atoms with Gasteiger partial charge in [-0.2, -0.15) is 5.10 Å². The first-order valence-electron chi connectivity index (χ1n) is 9.21. The number of methoxy groups -OCH3 is 4. The van der Waals surface area contributed by atoms with E-state index in [0.717, 1.165) is 12.3 Å². The van der Waals surface area contributed by atoms with E-state index in [1.807, 2.05) is 0 Å². The number of carbonyl (C=O) groups excluding carboxylic acids is 2. The minimum atomic E-state index is -0.785. The monoisotopic (exact) mass is 462 g/mol.